The predicted molar refractivity (Wildman–Crippen MR) is 103 cm³/mol. The molecular formula is C19H18N4O2S. The van der Waals surface area contributed by atoms with Crippen molar-refractivity contribution in [2.24, 2.45) is 5.10 Å². The van der Waals surface area contributed by atoms with E-state index in [-0.39, 0.29) is 18.0 Å². The van der Waals surface area contributed by atoms with Crippen LogP contribution in [0.4, 0.5) is 0 Å². The van der Waals surface area contributed by atoms with Gasteiger partial charge in [0.2, 0.25) is 0 Å². The van der Waals surface area contributed by atoms with Crippen LogP contribution in [0, 0.1) is 0 Å². The molecule has 0 saturated heterocycles. The minimum absolute atomic E-state index is 0.0509. The fourth-order valence-corrected chi connectivity index (χ4v) is 3.92. The molecule has 0 saturated carbocycles. The number of carbonyl (C=O) groups is 1. The number of carbonyl (C=O) groups excluding carboxylic acids is 1. The molecule has 2 aromatic heterocycles. The predicted octanol–water partition coefficient (Wildman–Crippen LogP) is 2.66. The van der Waals surface area contributed by atoms with Crippen LogP contribution in [0.2, 0.25) is 0 Å². The van der Waals surface area contributed by atoms with E-state index in [4.69, 9.17) is 0 Å². The van der Waals surface area contributed by atoms with Crippen molar-refractivity contribution in [3.63, 3.8) is 0 Å². The molecule has 3 aromatic rings. The Morgan fingerprint density at radius 1 is 1.27 bits per heavy atom. The molecule has 132 valence electrons. The highest BCUT2D eigenvalue weighted by Gasteiger charge is 2.22. The molecule has 0 fully saturated rings. The number of aryl methyl sites for hydroxylation is 1. The van der Waals surface area contributed by atoms with Crippen molar-refractivity contribution < 1.29 is 4.79 Å². The van der Waals surface area contributed by atoms with Gasteiger partial charge in [-0.2, -0.15) is 5.10 Å². The first-order valence-corrected chi connectivity index (χ1v) is 9.38. The number of hydrazone groups is 1. The summed E-state index contributed by atoms with van der Waals surface area (Å²) < 4.78 is 1.37. The second-order valence-electron chi connectivity index (χ2n) is 6.14. The molecule has 6 nitrogen and oxygen atoms in total. The number of amides is 1. The lowest BCUT2D eigenvalue weighted by Crippen LogP contribution is -2.32. The van der Waals surface area contributed by atoms with Crippen LogP contribution < -0.4 is 5.56 Å². The summed E-state index contributed by atoms with van der Waals surface area (Å²) in [6.07, 6.45) is 3.03. The monoisotopic (exact) mass is 366 g/mol. The first-order valence-electron chi connectivity index (χ1n) is 8.57. The normalized spacial score (nSPS) is 14.0. The Bertz CT molecular complexity index is 1050. The third kappa shape index (κ3) is 3.06. The summed E-state index contributed by atoms with van der Waals surface area (Å²) in [4.78, 5) is 31.4. The molecule has 0 bridgehead atoms. The highest BCUT2D eigenvalue weighted by atomic mass is 32.1. The summed E-state index contributed by atoms with van der Waals surface area (Å²) in [5, 5.41) is 6.46. The molecule has 3 heterocycles. The number of fused-ring (bicyclic) bond motifs is 1. The van der Waals surface area contributed by atoms with Crippen LogP contribution in [-0.4, -0.2) is 32.7 Å². The molecule has 1 aromatic carbocycles. The maximum absolute atomic E-state index is 12.6. The SMILES string of the molecule is CCc1cc2c(=O)n(CC(=O)N3CCC(c4ccccc4)=N3)cnc2s1. The van der Waals surface area contributed by atoms with E-state index in [9.17, 15) is 9.59 Å². The van der Waals surface area contributed by atoms with Gasteiger partial charge in [0.05, 0.1) is 24.0 Å². The van der Waals surface area contributed by atoms with Crippen LogP contribution in [0.25, 0.3) is 10.2 Å². The minimum atomic E-state index is -0.204. The second kappa shape index (κ2) is 6.84. The molecule has 0 atom stereocenters. The smallest absolute Gasteiger partial charge is 0.262 e. The van der Waals surface area contributed by atoms with Crippen LogP contribution in [0.1, 0.15) is 23.8 Å². The molecule has 1 amide bonds. The molecule has 0 aliphatic carbocycles. The van der Waals surface area contributed by atoms with Gasteiger partial charge in [-0.3, -0.25) is 14.2 Å². The van der Waals surface area contributed by atoms with Gasteiger partial charge in [-0.15, -0.1) is 11.3 Å². The Morgan fingerprint density at radius 2 is 2.08 bits per heavy atom. The largest absolute Gasteiger partial charge is 0.289 e. The van der Waals surface area contributed by atoms with Gasteiger partial charge in [0.1, 0.15) is 11.4 Å². The molecule has 7 heteroatoms. The summed E-state index contributed by atoms with van der Waals surface area (Å²) in [6, 6.07) is 11.7. The van der Waals surface area contributed by atoms with Gasteiger partial charge in [0, 0.05) is 11.3 Å². The van der Waals surface area contributed by atoms with E-state index < -0.39 is 0 Å². The Hall–Kier alpha value is -2.80. The lowest BCUT2D eigenvalue weighted by molar-refractivity contribution is -0.131. The average Bonchev–Trinajstić information content (AvgIpc) is 3.32. The zero-order valence-electron chi connectivity index (χ0n) is 14.4. The van der Waals surface area contributed by atoms with E-state index in [1.165, 1.54) is 27.2 Å². The standard InChI is InChI=1S/C19H18N4O2S/c1-2-14-10-15-18(26-14)20-12-22(19(15)25)11-17(24)23-9-8-16(21-23)13-6-4-3-5-7-13/h3-7,10,12H,2,8-9,11H2,1H3. The van der Waals surface area contributed by atoms with Crippen molar-refractivity contribution in [2.45, 2.75) is 26.3 Å². The number of hydrogen-bond acceptors (Lipinski definition) is 5. The topological polar surface area (TPSA) is 67.6 Å². The van der Waals surface area contributed by atoms with E-state index in [2.05, 4.69) is 10.1 Å². The van der Waals surface area contributed by atoms with Crippen molar-refractivity contribution in [3.8, 4) is 0 Å². The highest BCUT2D eigenvalue weighted by Crippen LogP contribution is 2.21. The summed E-state index contributed by atoms with van der Waals surface area (Å²) in [6.45, 7) is 2.53. The van der Waals surface area contributed by atoms with Crippen molar-refractivity contribution in [1.29, 1.82) is 0 Å². The first kappa shape index (κ1) is 16.7. The van der Waals surface area contributed by atoms with Crippen LogP contribution >= 0.6 is 11.3 Å². The maximum Gasteiger partial charge on any atom is 0.262 e. The lowest BCUT2D eigenvalue weighted by atomic mass is 10.1. The van der Waals surface area contributed by atoms with Gasteiger partial charge in [-0.05, 0) is 18.1 Å². The van der Waals surface area contributed by atoms with Crippen molar-refractivity contribution >= 4 is 33.2 Å². The number of benzene rings is 1. The van der Waals surface area contributed by atoms with Crippen molar-refractivity contribution in [1.82, 2.24) is 14.6 Å². The Balaban J connectivity index is 1.55. The Kier molecular flexibility index (Phi) is 4.38. The van der Waals surface area contributed by atoms with Gasteiger partial charge in [-0.1, -0.05) is 37.3 Å². The van der Waals surface area contributed by atoms with E-state index in [0.29, 0.717) is 18.4 Å². The summed E-state index contributed by atoms with van der Waals surface area (Å²) in [5.41, 5.74) is 1.74. The molecule has 1 aliphatic heterocycles. The minimum Gasteiger partial charge on any atom is -0.289 e. The fourth-order valence-electron chi connectivity index (χ4n) is 2.99. The highest BCUT2D eigenvalue weighted by molar-refractivity contribution is 7.18. The van der Waals surface area contributed by atoms with Crippen LogP contribution in [-0.2, 0) is 17.8 Å². The summed E-state index contributed by atoms with van der Waals surface area (Å²) >= 11 is 1.52. The molecule has 1 aliphatic rings. The quantitative estimate of drug-likeness (QED) is 0.713. The molecular weight excluding hydrogens is 348 g/mol. The third-order valence-corrected chi connectivity index (χ3v) is 5.61. The second-order valence-corrected chi connectivity index (χ2v) is 7.26. The van der Waals surface area contributed by atoms with Crippen LogP contribution in [0.5, 0.6) is 0 Å². The number of aromatic nitrogens is 2. The molecule has 0 spiro atoms. The number of thiophene rings is 1. The summed E-state index contributed by atoms with van der Waals surface area (Å²) in [7, 11) is 0. The third-order valence-electron chi connectivity index (χ3n) is 4.42. The van der Waals surface area contributed by atoms with E-state index in [0.717, 1.165) is 27.4 Å². The van der Waals surface area contributed by atoms with Gasteiger partial charge in [0.25, 0.3) is 11.5 Å². The molecule has 26 heavy (non-hydrogen) atoms. The Morgan fingerprint density at radius 3 is 2.85 bits per heavy atom. The van der Waals surface area contributed by atoms with E-state index in [1.54, 1.807) is 0 Å². The lowest BCUT2D eigenvalue weighted by Gasteiger charge is -2.12. The first-order chi connectivity index (χ1) is 12.7. The molecule has 0 unspecified atom stereocenters. The van der Waals surface area contributed by atoms with Crippen LogP contribution in [0.3, 0.4) is 0 Å². The molecule has 0 radical (unpaired) electrons. The maximum atomic E-state index is 12.6. The number of hydrogen-bond donors (Lipinski definition) is 0. The zero-order chi connectivity index (χ0) is 18.1. The van der Waals surface area contributed by atoms with Gasteiger partial charge in [0.15, 0.2) is 0 Å². The fraction of sp³-hybridized carbons (Fsp3) is 0.263. The van der Waals surface area contributed by atoms with Crippen LogP contribution in [0.15, 0.2) is 52.6 Å². The van der Waals surface area contributed by atoms with Crippen molar-refractivity contribution in [3.05, 3.63) is 63.5 Å². The molecule has 0 N–H and O–H groups in total. The van der Waals surface area contributed by atoms with Gasteiger partial charge in [-0.25, -0.2) is 9.99 Å². The van der Waals surface area contributed by atoms with Gasteiger partial charge >= 0.3 is 0 Å². The average molecular weight is 366 g/mol. The summed E-state index contributed by atoms with van der Waals surface area (Å²) in [5.74, 6) is -0.204. The van der Waals surface area contributed by atoms with Gasteiger partial charge < -0.3 is 0 Å². The number of rotatable bonds is 4. The van der Waals surface area contributed by atoms with E-state index in [1.807, 2.05) is 43.3 Å². The Labute approximate surface area is 154 Å². The number of nitrogens with zero attached hydrogens (tertiary/aromatic N) is 4. The zero-order valence-corrected chi connectivity index (χ0v) is 15.2. The van der Waals surface area contributed by atoms with Crippen molar-refractivity contribution in [2.75, 3.05) is 6.54 Å². The van der Waals surface area contributed by atoms with E-state index >= 15 is 0 Å². The molecule has 4 rings (SSSR count).